The van der Waals surface area contributed by atoms with Gasteiger partial charge in [0.15, 0.2) is 0 Å². The van der Waals surface area contributed by atoms with Gasteiger partial charge in [0.05, 0.1) is 5.69 Å². The lowest BCUT2D eigenvalue weighted by Crippen LogP contribution is -2.55. The zero-order valence-corrected chi connectivity index (χ0v) is 16.0. The number of aliphatic carboxylic acids is 1. The molecule has 0 amide bonds. The zero-order chi connectivity index (χ0) is 21.5. The predicted octanol–water partition coefficient (Wildman–Crippen LogP) is -1.57. The Labute approximate surface area is 166 Å². The highest BCUT2D eigenvalue weighted by Gasteiger charge is 2.51. The number of carbonyl (C=O) groups is 1. The molecule has 3 rings (SSSR count). The molecule has 2 aromatic rings. The van der Waals surface area contributed by atoms with Crippen LogP contribution in [0, 0.1) is 5.92 Å². The molecule has 29 heavy (non-hydrogen) atoms. The lowest BCUT2D eigenvalue weighted by Gasteiger charge is -2.28. The van der Waals surface area contributed by atoms with Crippen LogP contribution in [0.25, 0.3) is 0 Å². The van der Waals surface area contributed by atoms with Crippen molar-refractivity contribution in [2.24, 2.45) is 11.7 Å². The van der Waals surface area contributed by atoms with Gasteiger partial charge in [-0.25, -0.2) is 0 Å². The van der Waals surface area contributed by atoms with Crippen LogP contribution in [0.1, 0.15) is 12.8 Å². The summed E-state index contributed by atoms with van der Waals surface area (Å²) in [5.74, 6) is -1.29. The molecule has 156 valence electrons. The molecule has 2 heterocycles. The minimum absolute atomic E-state index is 0.0897. The molecule has 0 bridgehead atoms. The van der Waals surface area contributed by atoms with Crippen LogP contribution in [0.15, 0.2) is 21.9 Å². The number of carboxylic acid groups (broad SMARTS) is 1. The summed E-state index contributed by atoms with van der Waals surface area (Å²) in [7, 11) is 0.106. The van der Waals surface area contributed by atoms with E-state index in [-0.39, 0.29) is 30.8 Å². The largest absolute Gasteiger partial charge is 0.480 e. The van der Waals surface area contributed by atoms with Crippen molar-refractivity contribution >= 4 is 36.0 Å². The minimum Gasteiger partial charge on any atom is -0.480 e. The number of nitrogens with two attached hydrogens (primary N) is 2. The van der Waals surface area contributed by atoms with Crippen molar-refractivity contribution in [2.75, 3.05) is 35.7 Å². The van der Waals surface area contributed by atoms with Gasteiger partial charge in [-0.2, -0.15) is 0 Å². The molecule has 0 unspecified atom stereocenters. The number of hydrogen-bond donors (Lipinski definition) is 6. The van der Waals surface area contributed by atoms with E-state index in [9.17, 15) is 19.5 Å². The summed E-state index contributed by atoms with van der Waals surface area (Å²) in [6.45, 7) is 0.0246. The van der Waals surface area contributed by atoms with E-state index in [0.717, 1.165) is 0 Å². The summed E-state index contributed by atoms with van der Waals surface area (Å²) in [4.78, 5) is 42.4. The number of nitrogens with one attached hydrogen (secondary N) is 1. The van der Waals surface area contributed by atoms with E-state index < -0.39 is 35.4 Å². The Morgan fingerprint density at radius 3 is 2.66 bits per heavy atom. The van der Waals surface area contributed by atoms with Crippen molar-refractivity contribution in [3.05, 3.63) is 32.7 Å². The number of nitrogen functional groups attached to an aromatic ring is 1. The van der Waals surface area contributed by atoms with Crippen molar-refractivity contribution in [1.29, 1.82) is 0 Å². The summed E-state index contributed by atoms with van der Waals surface area (Å²) in [5, 5.41) is 27.7. The van der Waals surface area contributed by atoms with Crippen LogP contribution in [0.4, 0.5) is 22.9 Å². The second-order valence-electron chi connectivity index (χ2n) is 7.53. The Balaban J connectivity index is 1.89. The Bertz CT molecular complexity index is 984. The fourth-order valence-electron chi connectivity index (χ4n) is 3.99. The maximum atomic E-state index is 12.3. The van der Waals surface area contributed by atoms with Gasteiger partial charge < -0.3 is 41.4 Å². The van der Waals surface area contributed by atoms with Crippen LogP contribution in [0.3, 0.4) is 0 Å². The van der Waals surface area contributed by atoms with Crippen LogP contribution in [-0.2, 0) is 4.79 Å². The average Bonchev–Trinajstić information content (AvgIpc) is 3.22. The maximum Gasteiger partial charge on any atom is 0.451 e. The van der Waals surface area contributed by atoms with Crippen molar-refractivity contribution < 1.29 is 19.9 Å². The summed E-state index contributed by atoms with van der Waals surface area (Å²) in [6, 6.07) is 1.62. The van der Waals surface area contributed by atoms with E-state index in [2.05, 4.69) is 4.98 Å². The number of carboxylic acids is 1. The van der Waals surface area contributed by atoms with Gasteiger partial charge in [0.1, 0.15) is 22.7 Å². The predicted molar refractivity (Wildman–Crippen MR) is 109 cm³/mol. The Morgan fingerprint density at radius 2 is 2.10 bits per heavy atom. The van der Waals surface area contributed by atoms with E-state index in [4.69, 9.17) is 21.5 Å². The van der Waals surface area contributed by atoms with Crippen LogP contribution in [0.5, 0.6) is 0 Å². The minimum atomic E-state index is -1.62. The van der Waals surface area contributed by atoms with E-state index in [1.54, 1.807) is 19.3 Å². The third kappa shape index (κ3) is 3.50. The molecule has 0 radical (unpaired) electrons. The first-order chi connectivity index (χ1) is 13.6. The van der Waals surface area contributed by atoms with E-state index in [1.807, 2.05) is 0 Å². The second-order valence-corrected chi connectivity index (χ2v) is 7.53. The molecule has 1 aliphatic rings. The number of rotatable bonds is 8. The highest BCUT2D eigenvalue weighted by Crippen LogP contribution is 2.38. The van der Waals surface area contributed by atoms with Gasteiger partial charge in [-0.05, 0) is 18.8 Å². The van der Waals surface area contributed by atoms with Gasteiger partial charge in [-0.3, -0.25) is 14.4 Å². The number of H-pyrrole nitrogens is 1. The van der Waals surface area contributed by atoms with Crippen molar-refractivity contribution in [3.63, 3.8) is 0 Å². The second kappa shape index (κ2) is 7.54. The normalized spacial score (nSPS) is 21.7. The fourth-order valence-corrected chi connectivity index (χ4v) is 3.99. The lowest BCUT2D eigenvalue weighted by atomic mass is 9.78. The molecule has 1 saturated heterocycles. The number of hydrogen-bond acceptors (Lipinski definition) is 9. The maximum absolute atomic E-state index is 12.3. The molecule has 11 nitrogen and oxygen atoms in total. The number of anilines is 4. The van der Waals surface area contributed by atoms with E-state index in [0.29, 0.717) is 24.3 Å². The molecule has 0 aliphatic carbocycles. The zero-order valence-electron chi connectivity index (χ0n) is 16.0. The molecule has 2 atom stereocenters. The summed E-state index contributed by atoms with van der Waals surface area (Å²) < 4.78 is 0. The lowest BCUT2D eigenvalue weighted by molar-refractivity contribution is -0.144. The van der Waals surface area contributed by atoms with Gasteiger partial charge in [-0.1, -0.05) is 6.42 Å². The molecule has 8 N–H and O–H groups in total. The highest BCUT2D eigenvalue weighted by atomic mass is 16.4. The third-order valence-electron chi connectivity index (χ3n) is 5.64. The molecular formula is C17H24BN5O6. The number of aromatic nitrogens is 1. The van der Waals surface area contributed by atoms with Crippen molar-refractivity contribution in [1.82, 2.24) is 4.98 Å². The smallest absolute Gasteiger partial charge is 0.451 e. The summed E-state index contributed by atoms with van der Waals surface area (Å²) >= 11 is 0. The van der Waals surface area contributed by atoms with Crippen LogP contribution in [-0.4, -0.2) is 58.9 Å². The van der Waals surface area contributed by atoms with Crippen LogP contribution in [0.2, 0.25) is 6.32 Å². The van der Waals surface area contributed by atoms with E-state index in [1.165, 1.54) is 9.80 Å². The summed E-state index contributed by atoms with van der Waals surface area (Å²) in [5.41, 5.74) is 9.68. The molecule has 1 aromatic heterocycles. The van der Waals surface area contributed by atoms with Gasteiger partial charge in [0.25, 0.3) is 10.9 Å². The first-order valence-electron chi connectivity index (χ1n) is 9.21. The molecule has 1 aliphatic heterocycles. The van der Waals surface area contributed by atoms with Gasteiger partial charge in [0.2, 0.25) is 0 Å². The standard InChI is InChI=1S/C17H24BN5O6/c1-22(15-10(19)4-6-21-15)11-12(14(25)13(11)24)23-7-9(3-2-5-18(28)29)17(20,8-23)16(26)27/h4,6,9,21,28-29H,2-3,5,7-8,19-20H2,1H3,(H,26,27)/t9-,17-/m0/s1. The van der Waals surface area contributed by atoms with Crippen molar-refractivity contribution in [3.8, 4) is 0 Å². The first-order valence-corrected chi connectivity index (χ1v) is 9.21. The molecule has 1 fully saturated rings. The number of aromatic amines is 1. The van der Waals surface area contributed by atoms with Crippen molar-refractivity contribution in [2.45, 2.75) is 24.7 Å². The van der Waals surface area contributed by atoms with Gasteiger partial charge in [-0.15, -0.1) is 0 Å². The van der Waals surface area contributed by atoms with Gasteiger partial charge in [0, 0.05) is 32.3 Å². The average molecular weight is 405 g/mol. The molecule has 12 heteroatoms. The summed E-state index contributed by atoms with van der Waals surface area (Å²) in [6.07, 6.45) is 2.39. The molecule has 0 spiro atoms. The monoisotopic (exact) mass is 405 g/mol. The van der Waals surface area contributed by atoms with Gasteiger partial charge >= 0.3 is 13.1 Å². The quantitative estimate of drug-likeness (QED) is 0.221. The molecule has 1 aromatic carbocycles. The molecule has 0 saturated carbocycles. The molecular weight excluding hydrogens is 381 g/mol. The number of nitrogens with zero attached hydrogens (tertiary/aromatic N) is 2. The first kappa shape index (κ1) is 20.9. The van der Waals surface area contributed by atoms with Crippen LogP contribution < -0.4 is 32.1 Å². The topological polar surface area (TPSA) is 186 Å². The highest BCUT2D eigenvalue weighted by molar-refractivity contribution is 6.40. The Kier molecular flexibility index (Phi) is 5.43. The Hall–Kier alpha value is -2.83. The van der Waals surface area contributed by atoms with E-state index >= 15 is 0 Å². The SMILES string of the molecule is CN(c1[nH]ccc1N)c1c(N2C[C@H](CCCB(O)O)[C@](N)(C(=O)O)C2)c(=O)c1=O. The Morgan fingerprint density at radius 1 is 1.41 bits per heavy atom. The fraction of sp³-hybridized carbons (Fsp3) is 0.471. The van der Waals surface area contributed by atoms with Crippen LogP contribution >= 0.6 is 0 Å². The third-order valence-corrected chi connectivity index (χ3v) is 5.64.